The van der Waals surface area contributed by atoms with Crippen LogP contribution in [0.3, 0.4) is 0 Å². The van der Waals surface area contributed by atoms with Crippen molar-refractivity contribution < 1.29 is 9.59 Å². The van der Waals surface area contributed by atoms with E-state index in [9.17, 15) is 9.59 Å². The van der Waals surface area contributed by atoms with E-state index in [-0.39, 0.29) is 11.8 Å². The number of hydrogen-bond acceptors (Lipinski definition) is 3. The van der Waals surface area contributed by atoms with E-state index in [1.54, 1.807) is 0 Å². The molecule has 1 aliphatic rings. The zero-order chi connectivity index (χ0) is 16.9. The van der Waals surface area contributed by atoms with Crippen LogP contribution in [0.2, 0.25) is 0 Å². The van der Waals surface area contributed by atoms with Gasteiger partial charge in [-0.1, -0.05) is 29.8 Å². The summed E-state index contributed by atoms with van der Waals surface area (Å²) >= 11 is 0. The van der Waals surface area contributed by atoms with Gasteiger partial charge in [0.25, 0.3) is 0 Å². The molecule has 1 fully saturated rings. The molecule has 1 aromatic carbocycles. The van der Waals surface area contributed by atoms with Crippen molar-refractivity contribution in [2.75, 3.05) is 27.2 Å². The van der Waals surface area contributed by atoms with Gasteiger partial charge in [-0.05, 0) is 52.4 Å². The van der Waals surface area contributed by atoms with Crippen molar-refractivity contribution in [3.8, 4) is 0 Å². The second-order valence-corrected chi connectivity index (χ2v) is 6.67. The standard InChI is InChI=1S/C18H27N3O2/c1-14-6-4-7-15(12-14)13-20-17(23)18(8-9-18)16(22)19-10-5-11-21(2)3/h4,6-7,12H,5,8-11,13H2,1-3H3,(H,19,22)(H,20,23). The van der Waals surface area contributed by atoms with Crippen molar-refractivity contribution in [2.24, 2.45) is 5.41 Å². The van der Waals surface area contributed by atoms with Gasteiger partial charge in [0.1, 0.15) is 5.41 Å². The van der Waals surface area contributed by atoms with Crippen molar-refractivity contribution in [1.82, 2.24) is 15.5 Å². The van der Waals surface area contributed by atoms with E-state index in [1.807, 2.05) is 45.3 Å². The van der Waals surface area contributed by atoms with Crippen LogP contribution in [0.5, 0.6) is 0 Å². The fraction of sp³-hybridized carbons (Fsp3) is 0.556. The fourth-order valence-electron chi connectivity index (χ4n) is 2.62. The highest BCUT2D eigenvalue weighted by atomic mass is 16.2. The first-order valence-electron chi connectivity index (χ1n) is 8.21. The zero-order valence-electron chi connectivity index (χ0n) is 14.3. The number of nitrogens with one attached hydrogen (secondary N) is 2. The van der Waals surface area contributed by atoms with Crippen LogP contribution in [0.15, 0.2) is 24.3 Å². The summed E-state index contributed by atoms with van der Waals surface area (Å²) in [5.74, 6) is -0.276. The highest BCUT2D eigenvalue weighted by Gasteiger charge is 2.56. The molecule has 0 atom stereocenters. The second kappa shape index (κ2) is 7.59. The third-order valence-corrected chi connectivity index (χ3v) is 4.22. The third kappa shape index (κ3) is 4.79. The predicted molar refractivity (Wildman–Crippen MR) is 90.9 cm³/mol. The highest BCUT2D eigenvalue weighted by Crippen LogP contribution is 2.46. The number of hydrogen-bond donors (Lipinski definition) is 2. The molecule has 0 spiro atoms. The Balaban J connectivity index is 1.80. The normalized spacial score (nSPS) is 15.3. The summed E-state index contributed by atoms with van der Waals surface area (Å²) in [6, 6.07) is 8.02. The van der Waals surface area contributed by atoms with Crippen molar-refractivity contribution in [2.45, 2.75) is 32.7 Å². The Morgan fingerprint density at radius 1 is 1.17 bits per heavy atom. The van der Waals surface area contributed by atoms with Crippen LogP contribution in [0.25, 0.3) is 0 Å². The van der Waals surface area contributed by atoms with Gasteiger partial charge in [-0.25, -0.2) is 0 Å². The summed E-state index contributed by atoms with van der Waals surface area (Å²) in [5, 5.41) is 5.81. The van der Waals surface area contributed by atoms with E-state index >= 15 is 0 Å². The van der Waals surface area contributed by atoms with Crippen LogP contribution in [-0.2, 0) is 16.1 Å². The largest absolute Gasteiger partial charge is 0.355 e. The van der Waals surface area contributed by atoms with Gasteiger partial charge in [0, 0.05) is 13.1 Å². The topological polar surface area (TPSA) is 61.4 Å². The van der Waals surface area contributed by atoms with E-state index in [0.29, 0.717) is 25.9 Å². The van der Waals surface area contributed by atoms with Crippen LogP contribution in [0, 0.1) is 12.3 Å². The lowest BCUT2D eigenvalue weighted by Crippen LogP contribution is -2.43. The van der Waals surface area contributed by atoms with E-state index in [0.717, 1.165) is 24.1 Å². The molecule has 0 saturated heterocycles. The van der Waals surface area contributed by atoms with Crippen molar-refractivity contribution in [3.05, 3.63) is 35.4 Å². The maximum atomic E-state index is 12.4. The Morgan fingerprint density at radius 3 is 2.48 bits per heavy atom. The number of benzene rings is 1. The number of nitrogens with zero attached hydrogens (tertiary/aromatic N) is 1. The molecule has 1 aromatic rings. The summed E-state index contributed by atoms with van der Waals surface area (Å²) in [7, 11) is 4.01. The van der Waals surface area contributed by atoms with Gasteiger partial charge in [-0.15, -0.1) is 0 Å². The molecular formula is C18H27N3O2. The molecule has 0 radical (unpaired) electrons. The Morgan fingerprint density at radius 2 is 1.87 bits per heavy atom. The minimum absolute atomic E-state index is 0.127. The van der Waals surface area contributed by atoms with Gasteiger partial charge >= 0.3 is 0 Å². The van der Waals surface area contributed by atoms with Gasteiger partial charge in [-0.3, -0.25) is 9.59 Å². The molecular weight excluding hydrogens is 290 g/mol. The molecule has 2 amide bonds. The van der Waals surface area contributed by atoms with Gasteiger partial charge in [-0.2, -0.15) is 0 Å². The maximum Gasteiger partial charge on any atom is 0.235 e. The quantitative estimate of drug-likeness (QED) is 0.564. The van der Waals surface area contributed by atoms with Gasteiger partial charge in [0.2, 0.25) is 11.8 Å². The van der Waals surface area contributed by atoms with Gasteiger partial charge < -0.3 is 15.5 Å². The van der Waals surface area contributed by atoms with Crippen LogP contribution in [0.1, 0.15) is 30.4 Å². The molecule has 0 heterocycles. The Kier molecular flexibility index (Phi) is 5.77. The van der Waals surface area contributed by atoms with Crippen molar-refractivity contribution >= 4 is 11.8 Å². The smallest absolute Gasteiger partial charge is 0.235 e. The molecule has 2 rings (SSSR count). The Labute approximate surface area is 138 Å². The number of carbonyl (C=O) groups is 2. The number of aryl methyl sites for hydroxylation is 1. The number of rotatable bonds is 8. The lowest BCUT2D eigenvalue weighted by molar-refractivity contribution is -0.137. The van der Waals surface area contributed by atoms with E-state index in [4.69, 9.17) is 0 Å². The summed E-state index contributed by atoms with van der Waals surface area (Å²) in [6.45, 7) is 4.03. The van der Waals surface area contributed by atoms with Crippen LogP contribution in [0.4, 0.5) is 0 Å². The Hall–Kier alpha value is -1.88. The summed E-state index contributed by atoms with van der Waals surface area (Å²) < 4.78 is 0. The molecule has 1 saturated carbocycles. The van der Waals surface area contributed by atoms with Gasteiger partial charge in [0.05, 0.1) is 0 Å². The molecule has 5 nitrogen and oxygen atoms in total. The molecule has 1 aliphatic carbocycles. The minimum Gasteiger partial charge on any atom is -0.355 e. The van der Waals surface area contributed by atoms with Crippen LogP contribution in [-0.4, -0.2) is 43.9 Å². The molecule has 2 N–H and O–H groups in total. The van der Waals surface area contributed by atoms with E-state index < -0.39 is 5.41 Å². The SMILES string of the molecule is Cc1cccc(CNC(=O)C2(C(=O)NCCCN(C)C)CC2)c1. The van der Waals surface area contributed by atoms with Crippen molar-refractivity contribution in [3.63, 3.8) is 0 Å². The molecule has 0 unspecified atom stereocenters. The number of carbonyl (C=O) groups excluding carboxylic acids is 2. The zero-order valence-corrected chi connectivity index (χ0v) is 14.3. The van der Waals surface area contributed by atoms with E-state index in [1.165, 1.54) is 0 Å². The number of amides is 2. The van der Waals surface area contributed by atoms with Crippen LogP contribution < -0.4 is 10.6 Å². The first-order chi connectivity index (χ1) is 10.9. The summed E-state index contributed by atoms with van der Waals surface area (Å²) in [4.78, 5) is 26.8. The van der Waals surface area contributed by atoms with E-state index in [2.05, 4.69) is 15.5 Å². The molecule has 0 bridgehead atoms. The van der Waals surface area contributed by atoms with Crippen molar-refractivity contribution in [1.29, 1.82) is 0 Å². The lowest BCUT2D eigenvalue weighted by atomic mass is 10.0. The molecule has 5 heteroatoms. The average Bonchev–Trinajstić information content (AvgIpc) is 3.30. The molecule has 0 aromatic heterocycles. The monoisotopic (exact) mass is 317 g/mol. The Bertz CT molecular complexity index is 565. The first-order valence-corrected chi connectivity index (χ1v) is 8.21. The molecule has 126 valence electrons. The average molecular weight is 317 g/mol. The summed E-state index contributed by atoms with van der Waals surface area (Å²) in [6.07, 6.45) is 2.18. The highest BCUT2D eigenvalue weighted by molar-refractivity contribution is 6.07. The predicted octanol–water partition coefficient (Wildman–Crippen LogP) is 1.46. The third-order valence-electron chi connectivity index (χ3n) is 4.22. The van der Waals surface area contributed by atoms with Crippen LogP contribution >= 0.6 is 0 Å². The molecule has 23 heavy (non-hydrogen) atoms. The summed E-state index contributed by atoms with van der Waals surface area (Å²) in [5.41, 5.74) is 1.39. The van der Waals surface area contributed by atoms with Gasteiger partial charge in [0.15, 0.2) is 0 Å². The lowest BCUT2D eigenvalue weighted by Gasteiger charge is -2.16. The minimum atomic E-state index is -0.831. The first kappa shape index (κ1) is 17.5. The maximum absolute atomic E-state index is 12.4. The second-order valence-electron chi connectivity index (χ2n) is 6.67. The fourth-order valence-corrected chi connectivity index (χ4v) is 2.62. The molecule has 0 aliphatic heterocycles.